The van der Waals surface area contributed by atoms with E-state index in [9.17, 15) is 0 Å². The molecular formula is C12H13K. The van der Waals surface area contributed by atoms with Gasteiger partial charge >= 0.3 is 51.4 Å². The fraction of sp³-hybridized carbons (Fsp3) is 0. The summed E-state index contributed by atoms with van der Waals surface area (Å²) in [7, 11) is 0. The van der Waals surface area contributed by atoms with E-state index in [-0.39, 0.29) is 52.8 Å². The van der Waals surface area contributed by atoms with Crippen molar-refractivity contribution in [3.8, 4) is 0 Å². The second kappa shape index (κ2) is 7.48. The van der Waals surface area contributed by atoms with Crippen molar-refractivity contribution in [3.05, 3.63) is 61.7 Å². The van der Waals surface area contributed by atoms with E-state index in [0.29, 0.717) is 0 Å². The van der Waals surface area contributed by atoms with Crippen LogP contribution in [0.5, 0.6) is 0 Å². The van der Waals surface area contributed by atoms with Crippen molar-refractivity contribution in [3.63, 3.8) is 0 Å². The van der Waals surface area contributed by atoms with Crippen molar-refractivity contribution in [1.82, 2.24) is 0 Å². The van der Waals surface area contributed by atoms with Crippen molar-refractivity contribution in [2.75, 3.05) is 0 Å². The number of rotatable bonds is 0. The van der Waals surface area contributed by atoms with Gasteiger partial charge in [-0.2, -0.15) is 0 Å². The van der Waals surface area contributed by atoms with Crippen molar-refractivity contribution < 1.29 is 52.8 Å². The number of fused-ring (bicyclic) bond motifs is 1. The Morgan fingerprint density at radius 1 is 0.692 bits per heavy atom. The molecule has 0 radical (unpaired) electrons. The first-order valence-electron chi connectivity index (χ1n) is 3.90. The molecule has 0 bridgehead atoms. The van der Waals surface area contributed by atoms with Crippen LogP contribution >= 0.6 is 0 Å². The van der Waals surface area contributed by atoms with E-state index in [0.717, 1.165) is 0 Å². The van der Waals surface area contributed by atoms with Gasteiger partial charge in [0, 0.05) is 0 Å². The van der Waals surface area contributed by atoms with Crippen LogP contribution in [0, 0.1) is 0 Å². The number of benzene rings is 2. The molecule has 0 saturated heterocycles. The van der Waals surface area contributed by atoms with Crippen molar-refractivity contribution in [1.29, 1.82) is 0 Å². The van der Waals surface area contributed by atoms with Gasteiger partial charge < -0.3 is 1.43 Å². The van der Waals surface area contributed by atoms with E-state index < -0.39 is 0 Å². The Morgan fingerprint density at radius 2 is 0.923 bits per heavy atom. The molecule has 0 spiro atoms. The molecule has 0 unspecified atom stereocenters. The van der Waals surface area contributed by atoms with Gasteiger partial charge in [-0.05, 0) is 10.8 Å². The quantitative estimate of drug-likeness (QED) is 0.431. The molecule has 2 aromatic rings. The van der Waals surface area contributed by atoms with Crippen LogP contribution in [0.2, 0.25) is 0 Å². The van der Waals surface area contributed by atoms with E-state index in [1.54, 1.807) is 0 Å². The molecule has 0 atom stereocenters. The predicted molar refractivity (Wildman–Crippen MR) is 56.3 cm³/mol. The number of hydrogen-bond donors (Lipinski definition) is 0. The molecule has 0 nitrogen and oxygen atoms in total. The van der Waals surface area contributed by atoms with Crippen molar-refractivity contribution >= 4 is 10.8 Å². The second-order valence-electron chi connectivity index (χ2n) is 2.35. The molecule has 0 aromatic heterocycles. The minimum Gasteiger partial charge on any atom is -1.00 e. The van der Waals surface area contributed by atoms with Crippen LogP contribution in [-0.2, 0) is 0 Å². The molecule has 1 heteroatoms. The van der Waals surface area contributed by atoms with Gasteiger partial charge in [-0.15, -0.1) is 13.2 Å². The molecule has 2 rings (SSSR count). The van der Waals surface area contributed by atoms with Crippen LogP contribution in [-0.4, -0.2) is 0 Å². The number of hydrogen-bond acceptors (Lipinski definition) is 0. The van der Waals surface area contributed by atoms with E-state index in [2.05, 4.69) is 61.7 Å². The SMILES string of the molecule is C=C.[H-].[K+].c1ccc2ccccc2c1. The van der Waals surface area contributed by atoms with E-state index in [1.165, 1.54) is 10.8 Å². The zero-order valence-electron chi connectivity index (χ0n) is 9.03. The molecule has 0 N–H and O–H groups in total. The van der Waals surface area contributed by atoms with Crippen molar-refractivity contribution in [2.45, 2.75) is 0 Å². The first-order valence-corrected chi connectivity index (χ1v) is 3.90. The minimum absolute atomic E-state index is 0. The third kappa shape index (κ3) is 3.75. The Bertz CT molecular complexity index is 295. The van der Waals surface area contributed by atoms with E-state index >= 15 is 0 Å². The summed E-state index contributed by atoms with van der Waals surface area (Å²) in [4.78, 5) is 0. The van der Waals surface area contributed by atoms with Gasteiger partial charge in [0.15, 0.2) is 0 Å². The maximum atomic E-state index is 3.00. The van der Waals surface area contributed by atoms with Crippen LogP contribution in [0.4, 0.5) is 0 Å². The fourth-order valence-corrected chi connectivity index (χ4v) is 1.13. The molecule has 0 aliphatic rings. The van der Waals surface area contributed by atoms with Gasteiger partial charge in [0.1, 0.15) is 0 Å². The molecule has 62 valence electrons. The maximum Gasteiger partial charge on any atom is 1.00 e. The normalized spacial score (nSPS) is 8.00. The van der Waals surface area contributed by atoms with Crippen molar-refractivity contribution in [2.24, 2.45) is 0 Å². The molecule has 13 heavy (non-hydrogen) atoms. The van der Waals surface area contributed by atoms with Gasteiger partial charge in [-0.3, -0.25) is 0 Å². The first-order chi connectivity index (χ1) is 5.97. The van der Waals surface area contributed by atoms with Crippen LogP contribution in [0.1, 0.15) is 1.43 Å². The summed E-state index contributed by atoms with van der Waals surface area (Å²) in [6.45, 7) is 6.00. The molecule has 0 aliphatic heterocycles. The summed E-state index contributed by atoms with van der Waals surface area (Å²) in [5.74, 6) is 0. The standard InChI is InChI=1S/C10H8.C2H4.K.H/c1-2-6-10-8-4-3-7-9(10)5-1;1-2;;/h1-8H;1-2H2;;/q;;+1;-1. The summed E-state index contributed by atoms with van der Waals surface area (Å²) >= 11 is 0. The molecule has 0 saturated carbocycles. The van der Waals surface area contributed by atoms with E-state index in [1.807, 2.05) is 0 Å². The molecule has 0 fully saturated rings. The summed E-state index contributed by atoms with van der Waals surface area (Å²) in [6, 6.07) is 16.7. The topological polar surface area (TPSA) is 0 Å². The van der Waals surface area contributed by atoms with Gasteiger partial charge in [-0.25, -0.2) is 0 Å². The Hall–Kier alpha value is 0.0764. The maximum absolute atomic E-state index is 3.00. The molecule has 0 heterocycles. The second-order valence-corrected chi connectivity index (χ2v) is 2.35. The summed E-state index contributed by atoms with van der Waals surface area (Å²) in [6.07, 6.45) is 0. The zero-order chi connectivity index (χ0) is 8.81. The largest absolute Gasteiger partial charge is 1.00 e. The monoisotopic (exact) mass is 196 g/mol. The fourth-order valence-electron chi connectivity index (χ4n) is 1.13. The predicted octanol–water partition coefficient (Wildman–Crippen LogP) is 0.758. The van der Waals surface area contributed by atoms with Gasteiger partial charge in [0.05, 0.1) is 0 Å². The van der Waals surface area contributed by atoms with Crippen LogP contribution in [0.15, 0.2) is 61.7 Å². The molecule has 0 aliphatic carbocycles. The Kier molecular flexibility index (Phi) is 7.52. The molecule has 0 amide bonds. The van der Waals surface area contributed by atoms with Crippen LogP contribution in [0.25, 0.3) is 10.8 Å². The minimum atomic E-state index is 0. The van der Waals surface area contributed by atoms with Crippen LogP contribution in [0.3, 0.4) is 0 Å². The van der Waals surface area contributed by atoms with Gasteiger partial charge in [0.2, 0.25) is 0 Å². The average Bonchev–Trinajstić information content (AvgIpc) is 2.21. The van der Waals surface area contributed by atoms with E-state index in [4.69, 9.17) is 0 Å². The summed E-state index contributed by atoms with van der Waals surface area (Å²) < 4.78 is 0. The summed E-state index contributed by atoms with van der Waals surface area (Å²) in [5, 5.41) is 2.62. The Balaban J connectivity index is 0. The molecular weight excluding hydrogens is 183 g/mol. The van der Waals surface area contributed by atoms with Gasteiger partial charge in [0.25, 0.3) is 0 Å². The first kappa shape index (κ1) is 13.1. The van der Waals surface area contributed by atoms with Crippen LogP contribution < -0.4 is 51.4 Å². The Labute approximate surface area is 124 Å². The smallest absolute Gasteiger partial charge is 1.00 e. The average molecular weight is 196 g/mol. The third-order valence-corrected chi connectivity index (χ3v) is 1.66. The Morgan fingerprint density at radius 3 is 1.15 bits per heavy atom. The molecule has 2 aromatic carbocycles. The van der Waals surface area contributed by atoms with Gasteiger partial charge in [-0.1, -0.05) is 48.5 Å². The third-order valence-electron chi connectivity index (χ3n) is 1.66. The summed E-state index contributed by atoms with van der Waals surface area (Å²) in [5.41, 5.74) is 0. The zero-order valence-corrected chi connectivity index (χ0v) is 11.2.